The second kappa shape index (κ2) is 18.9. The molecule has 2 unspecified atom stereocenters. The van der Waals surface area contributed by atoms with Gasteiger partial charge in [0.2, 0.25) is 11.8 Å². The van der Waals surface area contributed by atoms with Gasteiger partial charge in [0.15, 0.2) is 0 Å². The van der Waals surface area contributed by atoms with E-state index in [0.29, 0.717) is 49.8 Å². The second-order valence-corrected chi connectivity index (χ2v) is 33.9. The van der Waals surface area contributed by atoms with E-state index in [1.54, 1.807) is 20.8 Å². The molecule has 18 saturated carbocycles. The Bertz CT molecular complexity index is 2210. The van der Waals surface area contributed by atoms with Gasteiger partial charge in [0.05, 0.1) is 16.2 Å². The Hall–Kier alpha value is -2.54. The number of amides is 2. The number of carbonyl (C=O) groups excluding carboxylic acids is 5. The number of hydrogen-bond donors (Lipinski definition) is 3. The third-order valence-corrected chi connectivity index (χ3v) is 23.3. The number of rotatable bonds is 8. The molecule has 0 aromatic heterocycles. The smallest absolute Gasteiger partial charge is 0.309 e. The predicted octanol–water partition coefficient (Wildman–Crippen LogP) is 11.8. The van der Waals surface area contributed by atoms with Crippen LogP contribution in [0.4, 0.5) is 0 Å². The van der Waals surface area contributed by atoms with Crippen LogP contribution in [0.3, 0.4) is 0 Å². The van der Waals surface area contributed by atoms with Crippen LogP contribution in [0.25, 0.3) is 0 Å². The molecule has 2 amide bonds. The zero-order valence-corrected chi connectivity index (χ0v) is 47.7. The lowest BCUT2D eigenvalue weighted by molar-refractivity contribution is -0.215. The minimum atomic E-state index is -2.42. The molecule has 18 aliphatic rings. The number of carboxylic acids is 1. The molecule has 18 fully saturated rings. The van der Waals surface area contributed by atoms with Crippen LogP contribution in [0.15, 0.2) is 0 Å². The van der Waals surface area contributed by atoms with Crippen molar-refractivity contribution in [1.29, 1.82) is 0 Å². The third-order valence-electron chi connectivity index (χ3n) is 22.0. The largest absolute Gasteiger partial charge is 0.481 e. The average Bonchev–Trinajstić information content (AvgIpc) is 3.20. The second-order valence-electron chi connectivity index (χ2n) is 29.5. The first-order valence-electron chi connectivity index (χ1n) is 27.3. The van der Waals surface area contributed by atoms with Gasteiger partial charge in [-0.3, -0.25) is 38.2 Å². The highest BCUT2D eigenvalue weighted by atomic mass is 32.2. The molecule has 0 aliphatic heterocycles. The van der Waals surface area contributed by atoms with Crippen LogP contribution in [0.2, 0.25) is 0 Å². The summed E-state index contributed by atoms with van der Waals surface area (Å²) in [6.45, 7) is 19.0. The fourth-order valence-electron chi connectivity index (χ4n) is 16.9. The number of carboxylic acid groups (broad SMARTS) is 1. The number of aliphatic carboxylic acids is 1. The monoisotopic (exact) mass is 1040 g/mol. The lowest BCUT2D eigenvalue weighted by Crippen LogP contribution is -2.66. The van der Waals surface area contributed by atoms with Crippen LogP contribution in [-0.4, -0.2) is 72.9 Å². The van der Waals surface area contributed by atoms with Crippen molar-refractivity contribution in [3.05, 3.63) is 0 Å². The molecule has 12 bridgehead atoms. The summed E-state index contributed by atoms with van der Waals surface area (Å²) in [7, 11) is -4.80. The van der Waals surface area contributed by atoms with E-state index in [0.717, 1.165) is 77.0 Å². The summed E-state index contributed by atoms with van der Waals surface area (Å²) < 4.78 is 27.9. The molecule has 72 heavy (non-hydrogen) atoms. The molecule has 410 valence electrons. The van der Waals surface area contributed by atoms with E-state index in [-0.39, 0.29) is 51.7 Å². The molecule has 18 rings (SSSR count). The summed E-state index contributed by atoms with van der Waals surface area (Å²) in [6.07, 6.45) is 33.1. The highest BCUT2D eigenvalue weighted by Crippen LogP contribution is 2.74. The lowest BCUT2D eigenvalue weighted by Gasteiger charge is -2.68. The van der Waals surface area contributed by atoms with Crippen LogP contribution in [0.1, 0.15) is 243 Å². The molecular weight excluding hydrogens is 945 g/mol. The molecule has 0 radical (unpaired) electrons. The van der Waals surface area contributed by atoms with Gasteiger partial charge in [0.25, 0.3) is 0 Å². The minimum Gasteiger partial charge on any atom is -0.481 e. The van der Waals surface area contributed by atoms with Crippen molar-refractivity contribution in [3.63, 3.8) is 0 Å². The Kier molecular flexibility index (Phi) is 15.4. The standard InChI is InChI=1S/C12H21NO2S.2C11H18O.C9H15NO2S.C8H12O.C7H10O2.CH4/c1-11-4-7-12(8-5-11,9-6-11)10(14)13-16(2,3)15;2*1-9(12)11-6-3-10(2,4-7-11)5-8-11;1-8-4-9(5-8,6-8)7(11)10-13(2,3)12;1-6(9)8-3-7(2,4-8)5-8;1-6-2-7(3-6,4-6)5(8)9;/h2,4-9H2,1,3H3,(H,13,14,15);2*3-8H2,1-2H3;2,4-6H2,1,3H3,(H,10,11,12);3-5H2,1-2H3;2-4H2,1H3,(H,8,9);1H4. The van der Waals surface area contributed by atoms with Gasteiger partial charge in [0, 0.05) is 48.2 Å². The summed E-state index contributed by atoms with van der Waals surface area (Å²) in [6, 6.07) is 0. The SMILES string of the molecule is C.C=S(C)(=O)NC(=O)C12CC(C)(C1)C2.C=S(C)(=O)NC(=O)C12CCC(C)(CC1)CC2.CC(=O)C12CC(C)(C1)C2.CC(=O)C12CCC(C)(CC1)CC2.CC(=O)C12CCC(C)(CC1)CC2.CC12CC(C(=O)O)(C1)C2. The van der Waals surface area contributed by atoms with E-state index in [2.05, 4.69) is 62.7 Å². The van der Waals surface area contributed by atoms with E-state index in [1.807, 2.05) is 0 Å². The number of nitrogens with one attached hydrogen (secondary N) is 2. The molecule has 0 spiro atoms. The normalized spacial score (nSPS) is 46.2. The van der Waals surface area contributed by atoms with Gasteiger partial charge in [-0.15, -0.1) is 0 Å². The number of carbonyl (C=O) groups is 6. The maximum atomic E-state index is 12.2. The van der Waals surface area contributed by atoms with Gasteiger partial charge >= 0.3 is 5.97 Å². The number of Topliss-reactive ketones (excluding diaryl/α,β-unsaturated/α-hetero) is 3. The van der Waals surface area contributed by atoms with Gasteiger partial charge in [-0.1, -0.05) is 49.0 Å². The van der Waals surface area contributed by atoms with Crippen molar-refractivity contribution < 1.29 is 42.3 Å². The van der Waals surface area contributed by atoms with Crippen molar-refractivity contribution in [2.45, 2.75) is 243 Å². The van der Waals surface area contributed by atoms with Crippen molar-refractivity contribution in [2.24, 2.45) is 65.0 Å². The van der Waals surface area contributed by atoms with E-state index in [4.69, 9.17) is 5.11 Å². The Balaban J connectivity index is 0.000000142. The molecule has 11 nitrogen and oxygen atoms in total. The van der Waals surface area contributed by atoms with Gasteiger partial charge in [0.1, 0.15) is 17.3 Å². The quantitative estimate of drug-likeness (QED) is 0.199. The number of fused-ring (bicyclic) bond motifs is 9. The number of hydrogen-bond acceptors (Lipinski definition) is 8. The van der Waals surface area contributed by atoms with E-state index < -0.39 is 25.4 Å². The average molecular weight is 1040 g/mol. The molecule has 2 atom stereocenters. The molecule has 13 heteroatoms. The van der Waals surface area contributed by atoms with Crippen LogP contribution in [-0.2, 0) is 48.2 Å². The van der Waals surface area contributed by atoms with Gasteiger partial charge in [-0.2, -0.15) is 0 Å². The summed E-state index contributed by atoms with van der Waals surface area (Å²) >= 11 is 0. The Morgan fingerprint density at radius 2 is 0.569 bits per heavy atom. The highest BCUT2D eigenvalue weighted by molar-refractivity contribution is 7.98. The highest BCUT2D eigenvalue weighted by Gasteiger charge is 2.70. The van der Waals surface area contributed by atoms with Crippen LogP contribution < -0.4 is 9.44 Å². The Morgan fingerprint density at radius 1 is 0.361 bits per heavy atom. The zero-order valence-electron chi connectivity index (χ0n) is 46.0. The number of ketones is 3. The minimum absolute atomic E-state index is 0. The lowest BCUT2D eigenvalue weighted by atomic mass is 9.35. The fourth-order valence-corrected chi connectivity index (χ4v) is 18.1. The summed E-state index contributed by atoms with van der Waals surface area (Å²) in [5.41, 5.74) is 2.84. The summed E-state index contributed by atoms with van der Waals surface area (Å²) in [4.78, 5) is 68.2. The van der Waals surface area contributed by atoms with Gasteiger partial charge < -0.3 is 5.11 Å². The summed E-state index contributed by atoms with van der Waals surface area (Å²) in [5, 5.41) is 8.64. The molecule has 0 heterocycles. The molecular formula is C59H98N2O9S2. The molecule has 0 aromatic rings. The maximum absolute atomic E-state index is 12.2. The molecule has 0 saturated heterocycles. The van der Waals surface area contributed by atoms with Crippen molar-refractivity contribution in [1.82, 2.24) is 9.44 Å². The maximum Gasteiger partial charge on any atom is 0.309 e. The van der Waals surface area contributed by atoms with Crippen LogP contribution >= 0.6 is 0 Å². The first kappa shape index (κ1) is 58.7. The van der Waals surface area contributed by atoms with Crippen LogP contribution in [0, 0.1) is 65.0 Å². The summed E-state index contributed by atoms with van der Waals surface area (Å²) in [5.74, 6) is 7.56. The molecule has 3 N–H and O–H groups in total. The Labute approximate surface area is 436 Å². The Morgan fingerprint density at radius 3 is 0.750 bits per heavy atom. The topological polar surface area (TPSA) is 181 Å². The predicted molar refractivity (Wildman–Crippen MR) is 293 cm³/mol. The zero-order chi connectivity index (χ0) is 53.0. The molecule has 0 aromatic carbocycles. The van der Waals surface area contributed by atoms with Crippen LogP contribution in [0.5, 0.6) is 0 Å². The first-order chi connectivity index (χ1) is 32.3. The van der Waals surface area contributed by atoms with Gasteiger partial charge in [-0.25, -0.2) is 8.42 Å². The third kappa shape index (κ3) is 11.6. The molecule has 18 aliphatic carbocycles. The van der Waals surface area contributed by atoms with Crippen molar-refractivity contribution in [2.75, 3.05) is 12.5 Å². The first-order valence-corrected chi connectivity index (χ1v) is 31.6. The van der Waals surface area contributed by atoms with E-state index in [1.165, 1.54) is 109 Å². The fraction of sp³-hybridized carbons (Fsp3) is 0.864. The van der Waals surface area contributed by atoms with Crippen molar-refractivity contribution in [3.8, 4) is 0 Å². The van der Waals surface area contributed by atoms with Crippen molar-refractivity contribution >= 4 is 66.3 Å². The van der Waals surface area contributed by atoms with Gasteiger partial charge in [-0.05, 0) is 238 Å². The van der Waals surface area contributed by atoms with E-state index in [9.17, 15) is 37.2 Å². The van der Waals surface area contributed by atoms with E-state index >= 15 is 0 Å².